The molecule has 1 atom stereocenters. The summed E-state index contributed by atoms with van der Waals surface area (Å²) in [7, 11) is 1.54. The van der Waals surface area contributed by atoms with Gasteiger partial charge >= 0.3 is 6.36 Å². The molecule has 1 aliphatic heterocycles. The van der Waals surface area contributed by atoms with Crippen molar-refractivity contribution in [1.82, 2.24) is 10.2 Å². The highest BCUT2D eigenvalue weighted by Crippen LogP contribution is 2.37. The van der Waals surface area contributed by atoms with Crippen molar-refractivity contribution in [3.8, 4) is 11.5 Å². The van der Waals surface area contributed by atoms with Crippen LogP contribution in [-0.2, 0) is 0 Å². The highest BCUT2D eigenvalue weighted by molar-refractivity contribution is 5.85. The number of halogens is 4. The highest BCUT2D eigenvalue weighted by atomic mass is 35.5. The van der Waals surface area contributed by atoms with Gasteiger partial charge < -0.3 is 14.8 Å². The number of piperazine rings is 1. The quantitative estimate of drug-likeness (QED) is 0.768. The van der Waals surface area contributed by atoms with Gasteiger partial charge in [-0.2, -0.15) is 0 Å². The second-order valence-electron chi connectivity index (χ2n) is 5.90. The van der Waals surface area contributed by atoms with Crippen LogP contribution in [-0.4, -0.2) is 44.6 Å². The van der Waals surface area contributed by atoms with Crippen LogP contribution in [0.2, 0.25) is 0 Å². The second-order valence-corrected chi connectivity index (χ2v) is 5.90. The van der Waals surface area contributed by atoms with E-state index in [9.17, 15) is 13.2 Å². The number of nitrogens with zero attached hydrogens (tertiary/aromatic N) is 1. The number of benzene rings is 1. The van der Waals surface area contributed by atoms with Crippen molar-refractivity contribution in [2.24, 2.45) is 0 Å². The van der Waals surface area contributed by atoms with Crippen LogP contribution in [0.3, 0.4) is 0 Å². The van der Waals surface area contributed by atoms with Crippen LogP contribution in [0.1, 0.15) is 37.8 Å². The third kappa shape index (κ3) is 6.56. The maximum atomic E-state index is 12.5. The molecule has 0 bridgehead atoms. The van der Waals surface area contributed by atoms with Crippen LogP contribution in [0.25, 0.3) is 0 Å². The maximum Gasteiger partial charge on any atom is 0.573 e. The van der Waals surface area contributed by atoms with Crippen LogP contribution in [0, 0.1) is 0 Å². The van der Waals surface area contributed by atoms with Crippen LogP contribution < -0.4 is 14.8 Å². The lowest BCUT2D eigenvalue weighted by Crippen LogP contribution is -2.45. The van der Waals surface area contributed by atoms with Crippen molar-refractivity contribution in [3.05, 3.63) is 23.8 Å². The Morgan fingerprint density at radius 3 is 2.48 bits per heavy atom. The van der Waals surface area contributed by atoms with E-state index in [2.05, 4.69) is 21.9 Å². The Morgan fingerprint density at radius 1 is 1.24 bits per heavy atom. The molecule has 1 aromatic carbocycles. The standard InChI is InChI=1S/C17H25F3N2O2.ClH/c1-3-4-5-15(22-10-8-21-9-11-22)14-12-13(24-17(18,19)20)6-7-16(14)23-2;/h6-7,12,15,21H,3-5,8-11H2,1-2H3;1H/t15-;/m0./s1. The zero-order valence-electron chi connectivity index (χ0n) is 14.6. The van der Waals surface area contributed by atoms with E-state index in [0.717, 1.165) is 51.0 Å². The summed E-state index contributed by atoms with van der Waals surface area (Å²) in [6, 6.07) is 4.34. The average molecular weight is 383 g/mol. The molecular formula is C17H26ClF3N2O2. The predicted octanol–water partition coefficient (Wildman–Crippen LogP) is 4.15. The summed E-state index contributed by atoms with van der Waals surface area (Å²) in [6.45, 7) is 5.59. The van der Waals surface area contributed by atoms with Gasteiger partial charge in [-0.05, 0) is 24.6 Å². The van der Waals surface area contributed by atoms with Crippen LogP contribution in [0.15, 0.2) is 18.2 Å². The summed E-state index contributed by atoms with van der Waals surface area (Å²) in [6.07, 6.45) is -1.78. The lowest BCUT2D eigenvalue weighted by molar-refractivity contribution is -0.274. The maximum absolute atomic E-state index is 12.5. The van der Waals surface area contributed by atoms with Crippen molar-refractivity contribution in [3.63, 3.8) is 0 Å². The molecule has 0 unspecified atom stereocenters. The van der Waals surface area contributed by atoms with E-state index >= 15 is 0 Å². The molecule has 0 spiro atoms. The Labute approximate surface area is 153 Å². The number of unbranched alkanes of at least 4 members (excludes halogenated alkanes) is 1. The van der Waals surface area contributed by atoms with Gasteiger partial charge in [0, 0.05) is 37.8 Å². The first-order valence-corrected chi connectivity index (χ1v) is 8.33. The molecule has 0 radical (unpaired) electrons. The molecule has 25 heavy (non-hydrogen) atoms. The molecule has 1 aliphatic rings. The van der Waals surface area contributed by atoms with E-state index in [1.807, 2.05) is 0 Å². The lowest BCUT2D eigenvalue weighted by atomic mass is 9.97. The molecule has 1 aromatic rings. The summed E-state index contributed by atoms with van der Waals surface area (Å²) in [5, 5.41) is 3.30. The minimum absolute atomic E-state index is 0. The third-order valence-corrected chi connectivity index (χ3v) is 4.22. The smallest absolute Gasteiger partial charge is 0.496 e. The average Bonchev–Trinajstić information content (AvgIpc) is 2.55. The number of methoxy groups -OCH3 is 1. The van der Waals surface area contributed by atoms with Gasteiger partial charge in [0.2, 0.25) is 0 Å². The summed E-state index contributed by atoms with van der Waals surface area (Å²) in [4.78, 5) is 2.31. The number of hydrogen-bond donors (Lipinski definition) is 1. The minimum atomic E-state index is -4.69. The molecular weight excluding hydrogens is 357 g/mol. The largest absolute Gasteiger partial charge is 0.573 e. The van der Waals surface area contributed by atoms with Gasteiger partial charge in [-0.1, -0.05) is 19.8 Å². The highest BCUT2D eigenvalue weighted by Gasteiger charge is 2.32. The fourth-order valence-corrected chi connectivity index (χ4v) is 3.10. The number of rotatable bonds is 7. The molecule has 144 valence electrons. The van der Waals surface area contributed by atoms with E-state index in [1.54, 1.807) is 6.07 Å². The van der Waals surface area contributed by atoms with Crippen LogP contribution in [0.4, 0.5) is 13.2 Å². The van der Waals surface area contributed by atoms with E-state index in [-0.39, 0.29) is 24.2 Å². The Morgan fingerprint density at radius 2 is 1.92 bits per heavy atom. The van der Waals surface area contributed by atoms with Gasteiger partial charge in [-0.3, -0.25) is 4.90 Å². The molecule has 1 heterocycles. The summed E-state index contributed by atoms with van der Waals surface area (Å²) < 4.78 is 47.1. The topological polar surface area (TPSA) is 33.7 Å². The molecule has 1 saturated heterocycles. The predicted molar refractivity (Wildman–Crippen MR) is 93.6 cm³/mol. The fourth-order valence-electron chi connectivity index (χ4n) is 3.10. The zero-order chi connectivity index (χ0) is 17.6. The zero-order valence-corrected chi connectivity index (χ0v) is 15.4. The first kappa shape index (κ1) is 21.9. The molecule has 4 nitrogen and oxygen atoms in total. The monoisotopic (exact) mass is 382 g/mol. The van der Waals surface area contributed by atoms with Gasteiger partial charge in [0.05, 0.1) is 7.11 Å². The minimum Gasteiger partial charge on any atom is -0.496 e. The van der Waals surface area contributed by atoms with E-state index in [0.29, 0.717) is 5.75 Å². The molecule has 1 N–H and O–H groups in total. The van der Waals surface area contributed by atoms with Crippen molar-refractivity contribution in [1.29, 1.82) is 0 Å². The molecule has 2 rings (SSSR count). The van der Waals surface area contributed by atoms with Gasteiger partial charge in [-0.25, -0.2) is 0 Å². The van der Waals surface area contributed by atoms with E-state index in [1.165, 1.54) is 19.2 Å². The number of hydrogen-bond acceptors (Lipinski definition) is 4. The summed E-state index contributed by atoms with van der Waals surface area (Å²) >= 11 is 0. The molecule has 8 heteroatoms. The first-order valence-electron chi connectivity index (χ1n) is 8.33. The van der Waals surface area contributed by atoms with Crippen molar-refractivity contribution >= 4 is 12.4 Å². The van der Waals surface area contributed by atoms with Crippen LogP contribution >= 0.6 is 12.4 Å². The SMILES string of the molecule is CCCC[C@@H](c1cc(OC(F)(F)F)ccc1OC)N1CCNCC1.Cl. The normalized spacial score (nSPS) is 16.8. The van der Waals surface area contributed by atoms with E-state index in [4.69, 9.17) is 4.74 Å². The number of ether oxygens (including phenoxy) is 2. The summed E-state index contributed by atoms with van der Waals surface area (Å²) in [5.74, 6) is 0.402. The van der Waals surface area contributed by atoms with Crippen molar-refractivity contribution < 1.29 is 22.6 Å². The Kier molecular flexibility index (Phi) is 8.82. The molecule has 0 aliphatic carbocycles. The first-order chi connectivity index (χ1) is 11.4. The Balaban J connectivity index is 0.00000312. The van der Waals surface area contributed by atoms with E-state index < -0.39 is 6.36 Å². The Hall–Kier alpha value is -1.18. The van der Waals surface area contributed by atoms with Crippen LogP contribution in [0.5, 0.6) is 11.5 Å². The van der Waals surface area contributed by atoms with Crippen molar-refractivity contribution in [2.45, 2.75) is 38.6 Å². The van der Waals surface area contributed by atoms with Gasteiger partial charge in [0.15, 0.2) is 0 Å². The molecule has 0 aromatic heterocycles. The van der Waals surface area contributed by atoms with Gasteiger partial charge in [0.1, 0.15) is 11.5 Å². The molecule has 0 saturated carbocycles. The van der Waals surface area contributed by atoms with Crippen molar-refractivity contribution in [2.75, 3.05) is 33.3 Å². The fraction of sp³-hybridized carbons (Fsp3) is 0.647. The second kappa shape index (κ2) is 10.1. The van der Waals surface area contributed by atoms with Gasteiger partial charge in [-0.15, -0.1) is 25.6 Å². The van der Waals surface area contributed by atoms with Gasteiger partial charge in [0.25, 0.3) is 0 Å². The Bertz CT molecular complexity index is 523. The number of alkyl halides is 3. The molecule has 1 fully saturated rings. The third-order valence-electron chi connectivity index (χ3n) is 4.22. The lowest BCUT2D eigenvalue weighted by Gasteiger charge is -2.36. The number of nitrogens with one attached hydrogen (secondary N) is 1. The summed E-state index contributed by atoms with van der Waals surface area (Å²) in [5.41, 5.74) is 0.759. The molecule has 0 amide bonds.